The summed E-state index contributed by atoms with van der Waals surface area (Å²) in [5.41, 5.74) is 9.09. The molecule has 3 aromatic rings. The Bertz CT molecular complexity index is 1110. The van der Waals surface area contributed by atoms with Crippen molar-refractivity contribution < 1.29 is 19.1 Å². The standard InChI is InChI=1S/C21H20N4O4/c1-11-12(2)24-18-10-15(6-9-17(18)23-11)21(28)29-13(3)20(27)25-16-7-4-14(5-8-16)19(22)26/h4-10,13H,1-3H3,(H2,22,26)(H,25,27)/t13-/m1/s1. The molecule has 0 unspecified atom stereocenters. The average molecular weight is 392 g/mol. The second kappa shape index (κ2) is 8.05. The fourth-order valence-electron chi connectivity index (χ4n) is 2.60. The molecule has 0 aliphatic carbocycles. The summed E-state index contributed by atoms with van der Waals surface area (Å²) in [4.78, 5) is 44.6. The van der Waals surface area contributed by atoms with Crippen LogP contribution in [0.5, 0.6) is 0 Å². The Morgan fingerprint density at radius 2 is 1.52 bits per heavy atom. The fraction of sp³-hybridized carbons (Fsp3) is 0.190. The van der Waals surface area contributed by atoms with Gasteiger partial charge in [-0.15, -0.1) is 0 Å². The van der Waals surface area contributed by atoms with Crippen LogP contribution >= 0.6 is 0 Å². The minimum absolute atomic E-state index is 0.278. The van der Waals surface area contributed by atoms with Crippen molar-refractivity contribution in [2.45, 2.75) is 26.9 Å². The van der Waals surface area contributed by atoms with Crippen LogP contribution in [0.3, 0.4) is 0 Å². The highest BCUT2D eigenvalue weighted by molar-refractivity contribution is 5.99. The Balaban J connectivity index is 1.67. The molecular formula is C21H20N4O4. The van der Waals surface area contributed by atoms with E-state index in [1.54, 1.807) is 30.3 Å². The molecule has 1 heterocycles. The summed E-state index contributed by atoms with van der Waals surface area (Å²) in [6, 6.07) is 10.9. The smallest absolute Gasteiger partial charge is 0.338 e. The minimum atomic E-state index is -1.03. The predicted octanol–water partition coefficient (Wildman–Crippen LogP) is 2.53. The first-order valence-electron chi connectivity index (χ1n) is 8.91. The van der Waals surface area contributed by atoms with Crippen LogP contribution in [0.25, 0.3) is 11.0 Å². The van der Waals surface area contributed by atoms with Gasteiger partial charge in [0.15, 0.2) is 6.10 Å². The third-order valence-corrected chi connectivity index (χ3v) is 4.40. The molecule has 3 N–H and O–H groups in total. The van der Waals surface area contributed by atoms with Crippen molar-refractivity contribution in [3.8, 4) is 0 Å². The number of nitrogens with two attached hydrogens (primary N) is 1. The molecule has 2 aromatic carbocycles. The summed E-state index contributed by atoms with van der Waals surface area (Å²) in [6.45, 7) is 5.18. The van der Waals surface area contributed by atoms with Crippen LogP contribution in [-0.2, 0) is 9.53 Å². The normalized spacial score (nSPS) is 11.7. The molecule has 148 valence electrons. The number of hydrogen-bond acceptors (Lipinski definition) is 6. The minimum Gasteiger partial charge on any atom is -0.449 e. The number of aryl methyl sites for hydroxylation is 2. The Morgan fingerprint density at radius 1 is 0.931 bits per heavy atom. The Labute approximate surface area is 167 Å². The van der Waals surface area contributed by atoms with Gasteiger partial charge < -0.3 is 15.8 Å². The van der Waals surface area contributed by atoms with Gasteiger partial charge in [-0.05, 0) is 63.2 Å². The Kier molecular flexibility index (Phi) is 5.54. The molecule has 0 saturated heterocycles. The third-order valence-electron chi connectivity index (χ3n) is 4.40. The molecule has 1 atom stereocenters. The van der Waals surface area contributed by atoms with Gasteiger partial charge in [-0.3, -0.25) is 9.59 Å². The zero-order valence-electron chi connectivity index (χ0n) is 16.2. The van der Waals surface area contributed by atoms with Crippen LogP contribution in [-0.4, -0.2) is 33.9 Å². The molecule has 1 aromatic heterocycles. The lowest BCUT2D eigenvalue weighted by atomic mass is 10.2. The number of primary amides is 1. The maximum atomic E-state index is 12.4. The molecule has 0 aliphatic heterocycles. The molecule has 3 rings (SSSR count). The van der Waals surface area contributed by atoms with Gasteiger partial charge in [0, 0.05) is 11.3 Å². The molecule has 29 heavy (non-hydrogen) atoms. The summed E-state index contributed by atoms with van der Waals surface area (Å²) in [7, 11) is 0. The lowest BCUT2D eigenvalue weighted by molar-refractivity contribution is -0.123. The number of esters is 1. The summed E-state index contributed by atoms with van der Waals surface area (Å²) < 4.78 is 5.26. The molecule has 0 saturated carbocycles. The molecule has 0 bridgehead atoms. The lowest BCUT2D eigenvalue weighted by Crippen LogP contribution is -2.30. The number of fused-ring (bicyclic) bond motifs is 1. The summed E-state index contributed by atoms with van der Waals surface area (Å²) in [6.07, 6.45) is -1.03. The first-order valence-corrected chi connectivity index (χ1v) is 8.91. The average Bonchev–Trinajstić information content (AvgIpc) is 2.68. The van der Waals surface area contributed by atoms with Gasteiger partial charge in [0.2, 0.25) is 5.91 Å². The summed E-state index contributed by atoms with van der Waals surface area (Å²) >= 11 is 0. The SMILES string of the molecule is Cc1nc2ccc(C(=O)O[C@H](C)C(=O)Nc3ccc(C(N)=O)cc3)cc2nc1C. The highest BCUT2D eigenvalue weighted by atomic mass is 16.5. The van der Waals surface area contributed by atoms with E-state index in [-0.39, 0.29) is 5.56 Å². The number of anilines is 1. The van der Waals surface area contributed by atoms with Crippen molar-refractivity contribution in [1.82, 2.24) is 9.97 Å². The van der Waals surface area contributed by atoms with Crippen molar-refractivity contribution in [3.05, 3.63) is 65.0 Å². The number of aromatic nitrogens is 2. The topological polar surface area (TPSA) is 124 Å². The first kappa shape index (κ1) is 19.9. The second-order valence-corrected chi connectivity index (χ2v) is 6.58. The van der Waals surface area contributed by atoms with E-state index >= 15 is 0 Å². The lowest BCUT2D eigenvalue weighted by Gasteiger charge is -2.14. The molecule has 0 fully saturated rings. The van der Waals surface area contributed by atoms with Gasteiger partial charge in [-0.1, -0.05) is 0 Å². The number of benzene rings is 2. The maximum Gasteiger partial charge on any atom is 0.338 e. The molecular weight excluding hydrogens is 372 g/mol. The van der Waals surface area contributed by atoms with Crippen LogP contribution in [0.15, 0.2) is 42.5 Å². The number of carbonyl (C=O) groups is 3. The van der Waals surface area contributed by atoms with E-state index in [2.05, 4.69) is 15.3 Å². The second-order valence-electron chi connectivity index (χ2n) is 6.58. The van der Waals surface area contributed by atoms with Crippen molar-refractivity contribution in [2.75, 3.05) is 5.32 Å². The van der Waals surface area contributed by atoms with Crippen molar-refractivity contribution in [1.29, 1.82) is 0 Å². The number of amides is 2. The van der Waals surface area contributed by atoms with Crippen molar-refractivity contribution in [2.24, 2.45) is 5.73 Å². The Hall–Kier alpha value is -3.81. The number of carbonyl (C=O) groups excluding carboxylic acids is 3. The van der Waals surface area contributed by atoms with Crippen molar-refractivity contribution >= 4 is 34.5 Å². The van der Waals surface area contributed by atoms with Crippen LogP contribution in [0.2, 0.25) is 0 Å². The van der Waals surface area contributed by atoms with Gasteiger partial charge in [0.05, 0.1) is 28.0 Å². The quantitative estimate of drug-likeness (QED) is 0.643. The fourth-order valence-corrected chi connectivity index (χ4v) is 2.60. The summed E-state index contributed by atoms with van der Waals surface area (Å²) in [5, 5.41) is 2.62. The maximum absolute atomic E-state index is 12.4. The van der Waals surface area contributed by atoms with Gasteiger partial charge in [0.1, 0.15) is 0 Å². The number of nitrogens with one attached hydrogen (secondary N) is 1. The molecule has 0 radical (unpaired) electrons. The van der Waals surface area contributed by atoms with Gasteiger partial charge in [0.25, 0.3) is 5.91 Å². The first-order chi connectivity index (χ1) is 13.7. The molecule has 8 nitrogen and oxygen atoms in total. The van der Waals surface area contributed by atoms with E-state index in [4.69, 9.17) is 10.5 Å². The number of hydrogen-bond donors (Lipinski definition) is 2. The van der Waals surface area contributed by atoms with E-state index < -0.39 is 23.9 Å². The number of rotatable bonds is 5. The van der Waals surface area contributed by atoms with Crippen LogP contribution in [0, 0.1) is 13.8 Å². The van der Waals surface area contributed by atoms with E-state index in [0.717, 1.165) is 11.4 Å². The largest absolute Gasteiger partial charge is 0.449 e. The molecule has 0 spiro atoms. The molecule has 8 heteroatoms. The number of nitrogens with zero attached hydrogens (tertiary/aromatic N) is 2. The summed E-state index contributed by atoms with van der Waals surface area (Å²) in [5.74, 6) is -1.70. The van der Waals surface area contributed by atoms with Gasteiger partial charge in [-0.25, -0.2) is 14.8 Å². The molecule has 2 amide bonds. The van der Waals surface area contributed by atoms with E-state index in [1.165, 1.54) is 19.1 Å². The zero-order chi connectivity index (χ0) is 21.1. The monoisotopic (exact) mass is 392 g/mol. The predicted molar refractivity (Wildman–Crippen MR) is 107 cm³/mol. The van der Waals surface area contributed by atoms with Crippen LogP contribution in [0.1, 0.15) is 39.0 Å². The third kappa shape index (κ3) is 4.55. The molecule has 0 aliphatic rings. The number of ether oxygens (including phenoxy) is 1. The zero-order valence-corrected chi connectivity index (χ0v) is 16.2. The highest BCUT2D eigenvalue weighted by Gasteiger charge is 2.20. The highest BCUT2D eigenvalue weighted by Crippen LogP contribution is 2.16. The Morgan fingerprint density at radius 3 is 2.14 bits per heavy atom. The van der Waals surface area contributed by atoms with E-state index in [1.807, 2.05) is 13.8 Å². The van der Waals surface area contributed by atoms with Gasteiger partial charge >= 0.3 is 5.97 Å². The van der Waals surface area contributed by atoms with Crippen LogP contribution in [0.4, 0.5) is 5.69 Å². The van der Waals surface area contributed by atoms with Gasteiger partial charge in [-0.2, -0.15) is 0 Å². The van der Waals surface area contributed by atoms with E-state index in [9.17, 15) is 14.4 Å². The van der Waals surface area contributed by atoms with Crippen LogP contribution < -0.4 is 11.1 Å². The van der Waals surface area contributed by atoms with Crippen molar-refractivity contribution in [3.63, 3.8) is 0 Å². The van der Waals surface area contributed by atoms with E-state index in [0.29, 0.717) is 22.3 Å².